The van der Waals surface area contributed by atoms with Gasteiger partial charge in [-0.15, -0.1) is 0 Å². The van der Waals surface area contributed by atoms with Gasteiger partial charge in [0.25, 0.3) is 5.91 Å². The van der Waals surface area contributed by atoms with Crippen molar-refractivity contribution in [3.05, 3.63) is 64.7 Å². The summed E-state index contributed by atoms with van der Waals surface area (Å²) < 4.78 is 5.51. The van der Waals surface area contributed by atoms with Crippen LogP contribution in [0.1, 0.15) is 47.3 Å². The Hall–Kier alpha value is -2.62. The van der Waals surface area contributed by atoms with E-state index >= 15 is 0 Å². The Balaban J connectivity index is 2.03. The molecule has 0 saturated heterocycles. The van der Waals surface area contributed by atoms with E-state index in [0.29, 0.717) is 12.2 Å². The van der Waals surface area contributed by atoms with Crippen LogP contribution in [0, 0.1) is 13.8 Å². The van der Waals surface area contributed by atoms with Crippen LogP contribution in [-0.2, 0) is 0 Å². The lowest BCUT2D eigenvalue weighted by Crippen LogP contribution is -2.19. The predicted molar refractivity (Wildman–Crippen MR) is 97.8 cm³/mol. The first-order valence-corrected chi connectivity index (χ1v) is 8.16. The van der Waals surface area contributed by atoms with E-state index in [4.69, 9.17) is 4.74 Å². The topological polar surface area (TPSA) is 50.7 Å². The van der Waals surface area contributed by atoms with Crippen molar-refractivity contribution >= 4 is 11.6 Å². The molecule has 2 rings (SSSR count). The molecule has 0 heterocycles. The summed E-state index contributed by atoms with van der Waals surface area (Å²) in [6.45, 7) is 8.71. The van der Waals surface area contributed by atoms with E-state index in [1.165, 1.54) is 5.56 Å². The molecule has 0 bridgehead atoms. The Bertz CT molecular complexity index is 734. The molecule has 0 unspecified atom stereocenters. The molecule has 4 nitrogen and oxygen atoms in total. The minimum absolute atomic E-state index is 0.235. The second-order valence-corrected chi connectivity index (χ2v) is 5.83. The van der Waals surface area contributed by atoms with Crippen LogP contribution in [-0.4, -0.2) is 18.2 Å². The zero-order chi connectivity index (χ0) is 17.5. The second kappa shape index (κ2) is 8.29. The first-order chi connectivity index (χ1) is 11.5. The second-order valence-electron chi connectivity index (χ2n) is 5.83. The number of nitrogens with one attached hydrogen (secondary N) is 1. The molecule has 2 aromatic carbocycles. The minimum atomic E-state index is -0.235. The number of nitrogens with zero attached hydrogens (tertiary/aromatic N) is 1. The van der Waals surface area contributed by atoms with Gasteiger partial charge in [-0.05, 0) is 57.0 Å². The maximum atomic E-state index is 12.2. The molecule has 0 aliphatic rings. The fraction of sp³-hybridized carbons (Fsp3) is 0.300. The van der Waals surface area contributed by atoms with Gasteiger partial charge in [0, 0.05) is 11.1 Å². The molecule has 1 amide bonds. The third-order valence-corrected chi connectivity index (χ3v) is 3.69. The molecule has 0 saturated carbocycles. The summed E-state index contributed by atoms with van der Waals surface area (Å²) in [5.41, 5.74) is 7.32. The van der Waals surface area contributed by atoms with Crippen molar-refractivity contribution in [1.29, 1.82) is 0 Å². The predicted octanol–water partition coefficient (Wildman–Crippen LogP) is 4.25. The van der Waals surface area contributed by atoms with Crippen molar-refractivity contribution in [2.75, 3.05) is 6.61 Å². The maximum absolute atomic E-state index is 12.2. The standard InChI is InChI=1S/C20H24N2O2/c1-5-12-24-18-9-7-17(8-10-18)20(23)22-21-16(4)19-11-6-14(2)13-15(19)3/h6-11,13H,5,12H2,1-4H3,(H,22,23)/b21-16+. The number of aryl methyl sites for hydroxylation is 2. The lowest BCUT2D eigenvalue weighted by atomic mass is 10.0. The van der Waals surface area contributed by atoms with Gasteiger partial charge in [0.1, 0.15) is 5.75 Å². The summed E-state index contributed by atoms with van der Waals surface area (Å²) in [6, 6.07) is 13.2. The van der Waals surface area contributed by atoms with Gasteiger partial charge in [-0.2, -0.15) is 5.10 Å². The molecule has 0 atom stereocenters. The number of ether oxygens (including phenoxy) is 1. The van der Waals surface area contributed by atoms with Crippen LogP contribution in [0.25, 0.3) is 0 Å². The van der Waals surface area contributed by atoms with E-state index in [1.54, 1.807) is 24.3 Å². The highest BCUT2D eigenvalue weighted by Crippen LogP contribution is 2.13. The lowest BCUT2D eigenvalue weighted by Gasteiger charge is -2.08. The number of carbonyl (C=O) groups excluding carboxylic acids is 1. The fourth-order valence-electron chi connectivity index (χ4n) is 2.40. The molecule has 1 N–H and O–H groups in total. The van der Waals surface area contributed by atoms with Gasteiger partial charge in [-0.25, -0.2) is 5.43 Å². The Morgan fingerprint density at radius 1 is 1.12 bits per heavy atom. The van der Waals surface area contributed by atoms with E-state index in [9.17, 15) is 4.79 Å². The monoisotopic (exact) mass is 324 g/mol. The smallest absolute Gasteiger partial charge is 0.271 e. The molecule has 0 fully saturated rings. The molecule has 4 heteroatoms. The van der Waals surface area contributed by atoms with Gasteiger partial charge in [0.05, 0.1) is 12.3 Å². The Labute approximate surface area is 143 Å². The fourth-order valence-corrected chi connectivity index (χ4v) is 2.40. The van der Waals surface area contributed by atoms with Crippen LogP contribution in [0.4, 0.5) is 0 Å². The summed E-state index contributed by atoms with van der Waals surface area (Å²) in [6.07, 6.45) is 0.953. The van der Waals surface area contributed by atoms with Crippen molar-refractivity contribution in [3.8, 4) is 5.75 Å². The minimum Gasteiger partial charge on any atom is -0.494 e. The quantitative estimate of drug-likeness (QED) is 0.638. The summed E-state index contributed by atoms with van der Waals surface area (Å²) in [4.78, 5) is 12.2. The highest BCUT2D eigenvalue weighted by Gasteiger charge is 2.06. The summed E-state index contributed by atoms with van der Waals surface area (Å²) in [5.74, 6) is 0.532. The Morgan fingerprint density at radius 2 is 1.83 bits per heavy atom. The van der Waals surface area contributed by atoms with E-state index in [-0.39, 0.29) is 5.91 Å². The van der Waals surface area contributed by atoms with Crippen LogP contribution in [0.5, 0.6) is 5.75 Å². The first kappa shape index (κ1) is 17.7. The third-order valence-electron chi connectivity index (χ3n) is 3.69. The molecular weight excluding hydrogens is 300 g/mol. The average molecular weight is 324 g/mol. The van der Waals surface area contributed by atoms with Crippen LogP contribution in [0.3, 0.4) is 0 Å². The largest absolute Gasteiger partial charge is 0.494 e. The van der Waals surface area contributed by atoms with E-state index < -0.39 is 0 Å². The molecule has 126 valence electrons. The number of hydrazone groups is 1. The number of amides is 1. The lowest BCUT2D eigenvalue weighted by molar-refractivity contribution is 0.0955. The van der Waals surface area contributed by atoms with Crippen molar-refractivity contribution in [3.63, 3.8) is 0 Å². The van der Waals surface area contributed by atoms with E-state index in [0.717, 1.165) is 29.0 Å². The molecule has 0 spiro atoms. The molecule has 24 heavy (non-hydrogen) atoms. The number of rotatable bonds is 6. The molecule has 2 aromatic rings. The van der Waals surface area contributed by atoms with Crippen LogP contribution < -0.4 is 10.2 Å². The normalized spacial score (nSPS) is 11.2. The zero-order valence-electron chi connectivity index (χ0n) is 14.7. The zero-order valence-corrected chi connectivity index (χ0v) is 14.7. The Morgan fingerprint density at radius 3 is 2.46 bits per heavy atom. The number of hydrogen-bond acceptors (Lipinski definition) is 3. The van der Waals surface area contributed by atoms with Gasteiger partial charge in [-0.3, -0.25) is 4.79 Å². The van der Waals surface area contributed by atoms with Gasteiger partial charge >= 0.3 is 0 Å². The number of hydrogen-bond donors (Lipinski definition) is 1. The molecule has 0 aliphatic carbocycles. The number of benzene rings is 2. The van der Waals surface area contributed by atoms with Crippen molar-refractivity contribution < 1.29 is 9.53 Å². The highest BCUT2D eigenvalue weighted by atomic mass is 16.5. The van der Waals surface area contributed by atoms with Crippen LogP contribution in [0.15, 0.2) is 47.6 Å². The van der Waals surface area contributed by atoms with Gasteiger partial charge < -0.3 is 4.74 Å². The van der Waals surface area contributed by atoms with Crippen molar-refractivity contribution in [1.82, 2.24) is 5.43 Å². The van der Waals surface area contributed by atoms with Crippen molar-refractivity contribution in [2.45, 2.75) is 34.1 Å². The Kier molecular flexibility index (Phi) is 6.13. The summed E-state index contributed by atoms with van der Waals surface area (Å²) in [5, 5.41) is 4.22. The molecule has 0 aliphatic heterocycles. The summed E-state index contributed by atoms with van der Waals surface area (Å²) >= 11 is 0. The van der Waals surface area contributed by atoms with Crippen molar-refractivity contribution in [2.24, 2.45) is 5.10 Å². The maximum Gasteiger partial charge on any atom is 0.271 e. The van der Waals surface area contributed by atoms with Crippen LogP contribution in [0.2, 0.25) is 0 Å². The molecule has 0 radical (unpaired) electrons. The molecule has 0 aromatic heterocycles. The van der Waals surface area contributed by atoms with Gasteiger partial charge in [0.2, 0.25) is 0 Å². The van der Waals surface area contributed by atoms with E-state index in [2.05, 4.69) is 30.4 Å². The van der Waals surface area contributed by atoms with Gasteiger partial charge in [0.15, 0.2) is 0 Å². The third kappa shape index (κ3) is 4.69. The van der Waals surface area contributed by atoms with Gasteiger partial charge in [-0.1, -0.05) is 30.7 Å². The first-order valence-electron chi connectivity index (χ1n) is 8.16. The SMILES string of the molecule is CCCOc1ccc(C(=O)N/N=C(\C)c2ccc(C)cc2C)cc1. The van der Waals surface area contributed by atoms with Crippen LogP contribution >= 0.6 is 0 Å². The number of carbonyl (C=O) groups is 1. The molecular formula is C20H24N2O2. The summed E-state index contributed by atoms with van der Waals surface area (Å²) in [7, 11) is 0. The highest BCUT2D eigenvalue weighted by molar-refractivity contribution is 6.01. The average Bonchev–Trinajstić information content (AvgIpc) is 2.58. The van der Waals surface area contributed by atoms with E-state index in [1.807, 2.05) is 26.0 Å².